The molecule has 0 fully saturated rings. The quantitative estimate of drug-likeness (QED) is 0.551. The molecule has 2 aromatic carbocycles. The standard InChI is InChI=1S/C22H25ClN4O/c1-27-16-15-24-21(27)20(18-10-12-19(23)13-11-18)26-22(28)25-14-6-5-9-17-7-3-2-4-8-17/h2-4,7-8,10-13,15-16,20H,5-6,9,14H2,1H3,(H2,25,26,28). The summed E-state index contributed by atoms with van der Waals surface area (Å²) in [5, 5.41) is 6.63. The molecule has 6 heteroatoms. The number of benzene rings is 2. The minimum atomic E-state index is -0.346. The van der Waals surface area contributed by atoms with Gasteiger partial charge in [0, 0.05) is 31.0 Å². The van der Waals surface area contributed by atoms with Crippen molar-refractivity contribution in [3.8, 4) is 0 Å². The third-order valence-corrected chi connectivity index (χ3v) is 4.87. The highest BCUT2D eigenvalue weighted by atomic mass is 35.5. The van der Waals surface area contributed by atoms with E-state index in [1.807, 2.05) is 48.1 Å². The Balaban J connectivity index is 1.53. The summed E-state index contributed by atoms with van der Waals surface area (Å²) in [7, 11) is 1.91. The molecule has 3 aromatic rings. The fourth-order valence-electron chi connectivity index (χ4n) is 3.09. The van der Waals surface area contributed by atoms with E-state index in [-0.39, 0.29) is 12.1 Å². The lowest BCUT2D eigenvalue weighted by Crippen LogP contribution is -2.39. The molecule has 1 atom stereocenters. The fraction of sp³-hybridized carbons (Fsp3) is 0.273. The van der Waals surface area contributed by atoms with E-state index in [1.54, 1.807) is 6.20 Å². The van der Waals surface area contributed by atoms with Crippen molar-refractivity contribution in [1.29, 1.82) is 0 Å². The third kappa shape index (κ3) is 5.60. The molecule has 1 aromatic heterocycles. The second-order valence-corrected chi connectivity index (χ2v) is 7.16. The Kier molecular flexibility index (Phi) is 7.09. The molecule has 0 bridgehead atoms. The van der Waals surface area contributed by atoms with Crippen LogP contribution in [0.5, 0.6) is 0 Å². The van der Waals surface area contributed by atoms with Gasteiger partial charge in [-0.2, -0.15) is 0 Å². The van der Waals surface area contributed by atoms with Gasteiger partial charge in [-0.15, -0.1) is 0 Å². The van der Waals surface area contributed by atoms with Crippen LogP contribution < -0.4 is 10.6 Å². The first kappa shape index (κ1) is 20.0. The molecule has 2 N–H and O–H groups in total. The maximum absolute atomic E-state index is 12.4. The number of unbranched alkanes of at least 4 members (excludes halogenated alkanes) is 1. The minimum absolute atomic E-state index is 0.206. The number of hydrogen-bond donors (Lipinski definition) is 2. The molecule has 1 unspecified atom stereocenters. The van der Waals surface area contributed by atoms with E-state index in [0.717, 1.165) is 30.7 Å². The molecule has 1 heterocycles. The minimum Gasteiger partial charge on any atom is -0.338 e. The van der Waals surface area contributed by atoms with Crippen molar-refractivity contribution in [3.05, 3.63) is 89.0 Å². The van der Waals surface area contributed by atoms with Crippen molar-refractivity contribution in [2.75, 3.05) is 6.54 Å². The van der Waals surface area contributed by atoms with Crippen LogP contribution in [-0.4, -0.2) is 22.1 Å². The second kappa shape index (κ2) is 9.95. The van der Waals surface area contributed by atoms with E-state index in [9.17, 15) is 4.79 Å². The number of amides is 2. The predicted molar refractivity (Wildman–Crippen MR) is 112 cm³/mol. The van der Waals surface area contributed by atoms with Crippen LogP contribution in [0.1, 0.15) is 35.8 Å². The molecular weight excluding hydrogens is 372 g/mol. The Morgan fingerprint density at radius 1 is 1.11 bits per heavy atom. The summed E-state index contributed by atoms with van der Waals surface area (Å²) in [6.45, 7) is 0.632. The summed E-state index contributed by atoms with van der Waals surface area (Å²) in [4.78, 5) is 16.8. The van der Waals surface area contributed by atoms with Crippen molar-refractivity contribution in [2.45, 2.75) is 25.3 Å². The summed E-state index contributed by atoms with van der Waals surface area (Å²) >= 11 is 6.00. The zero-order valence-corrected chi connectivity index (χ0v) is 16.7. The SMILES string of the molecule is Cn1ccnc1C(NC(=O)NCCCCc1ccccc1)c1ccc(Cl)cc1. The van der Waals surface area contributed by atoms with Gasteiger partial charge in [0.05, 0.1) is 0 Å². The Bertz CT molecular complexity index is 877. The number of nitrogens with zero attached hydrogens (tertiary/aromatic N) is 2. The zero-order chi connectivity index (χ0) is 19.8. The van der Waals surface area contributed by atoms with E-state index in [4.69, 9.17) is 11.6 Å². The highest BCUT2D eigenvalue weighted by Crippen LogP contribution is 2.22. The van der Waals surface area contributed by atoms with Gasteiger partial charge in [0.2, 0.25) is 0 Å². The van der Waals surface area contributed by atoms with Gasteiger partial charge < -0.3 is 15.2 Å². The van der Waals surface area contributed by atoms with Crippen LogP contribution in [0.15, 0.2) is 67.0 Å². The number of halogens is 1. The van der Waals surface area contributed by atoms with Gasteiger partial charge in [-0.1, -0.05) is 54.1 Å². The maximum atomic E-state index is 12.4. The van der Waals surface area contributed by atoms with E-state index < -0.39 is 0 Å². The molecule has 2 amide bonds. The lowest BCUT2D eigenvalue weighted by atomic mass is 10.1. The third-order valence-electron chi connectivity index (χ3n) is 4.62. The molecule has 0 saturated heterocycles. The number of carbonyl (C=O) groups is 1. The number of aryl methyl sites for hydroxylation is 2. The number of nitrogens with one attached hydrogen (secondary N) is 2. The summed E-state index contributed by atoms with van der Waals surface area (Å²) in [6, 6.07) is 17.3. The van der Waals surface area contributed by atoms with Gasteiger partial charge in [0.25, 0.3) is 0 Å². The van der Waals surface area contributed by atoms with E-state index in [1.165, 1.54) is 5.56 Å². The van der Waals surface area contributed by atoms with E-state index in [2.05, 4.69) is 39.9 Å². The van der Waals surface area contributed by atoms with Crippen molar-refractivity contribution in [1.82, 2.24) is 20.2 Å². The largest absolute Gasteiger partial charge is 0.338 e. The van der Waals surface area contributed by atoms with E-state index in [0.29, 0.717) is 11.6 Å². The molecule has 3 rings (SSSR count). The van der Waals surface area contributed by atoms with Gasteiger partial charge >= 0.3 is 6.03 Å². The highest BCUT2D eigenvalue weighted by molar-refractivity contribution is 6.30. The van der Waals surface area contributed by atoms with Gasteiger partial charge in [-0.3, -0.25) is 0 Å². The zero-order valence-electron chi connectivity index (χ0n) is 15.9. The molecule has 28 heavy (non-hydrogen) atoms. The summed E-state index contributed by atoms with van der Waals surface area (Å²) in [6.07, 6.45) is 6.56. The molecule has 0 aliphatic rings. The Morgan fingerprint density at radius 3 is 2.54 bits per heavy atom. The molecule has 146 valence electrons. The highest BCUT2D eigenvalue weighted by Gasteiger charge is 2.20. The molecule has 5 nitrogen and oxygen atoms in total. The Morgan fingerprint density at radius 2 is 1.86 bits per heavy atom. The van der Waals surface area contributed by atoms with Crippen LogP contribution >= 0.6 is 11.6 Å². The summed E-state index contributed by atoms with van der Waals surface area (Å²) in [5.74, 6) is 0.765. The van der Waals surface area contributed by atoms with Gasteiger partial charge in [0.15, 0.2) is 0 Å². The number of aromatic nitrogens is 2. The normalized spacial score (nSPS) is 11.8. The first-order chi connectivity index (χ1) is 13.6. The first-order valence-corrected chi connectivity index (χ1v) is 9.82. The molecule has 0 spiro atoms. The van der Waals surface area contributed by atoms with Crippen molar-refractivity contribution in [2.24, 2.45) is 7.05 Å². The van der Waals surface area contributed by atoms with Crippen LogP contribution in [0, 0.1) is 0 Å². The number of carbonyl (C=O) groups excluding carboxylic acids is 1. The van der Waals surface area contributed by atoms with Crippen LogP contribution in [0.25, 0.3) is 0 Å². The number of hydrogen-bond acceptors (Lipinski definition) is 2. The summed E-state index contributed by atoms with van der Waals surface area (Å²) < 4.78 is 1.90. The topological polar surface area (TPSA) is 59.0 Å². The van der Waals surface area contributed by atoms with Crippen LogP contribution in [-0.2, 0) is 13.5 Å². The molecule has 0 aliphatic heterocycles. The Hall–Kier alpha value is -2.79. The lowest BCUT2D eigenvalue weighted by molar-refractivity contribution is 0.238. The van der Waals surface area contributed by atoms with Crippen LogP contribution in [0.4, 0.5) is 4.79 Å². The smallest absolute Gasteiger partial charge is 0.315 e. The lowest BCUT2D eigenvalue weighted by Gasteiger charge is -2.19. The van der Waals surface area contributed by atoms with Crippen molar-refractivity contribution < 1.29 is 4.79 Å². The fourth-order valence-corrected chi connectivity index (χ4v) is 3.22. The Labute approximate surface area is 170 Å². The molecule has 0 aliphatic carbocycles. The molecule has 0 saturated carbocycles. The average Bonchev–Trinajstić information content (AvgIpc) is 3.13. The van der Waals surface area contributed by atoms with Crippen molar-refractivity contribution >= 4 is 17.6 Å². The average molecular weight is 397 g/mol. The van der Waals surface area contributed by atoms with Crippen molar-refractivity contribution in [3.63, 3.8) is 0 Å². The predicted octanol–water partition coefficient (Wildman–Crippen LogP) is 4.49. The number of urea groups is 1. The van der Waals surface area contributed by atoms with Gasteiger partial charge in [0.1, 0.15) is 11.9 Å². The van der Waals surface area contributed by atoms with Gasteiger partial charge in [-0.05, 0) is 42.5 Å². The molecular formula is C22H25ClN4O. The monoisotopic (exact) mass is 396 g/mol. The second-order valence-electron chi connectivity index (χ2n) is 6.72. The first-order valence-electron chi connectivity index (χ1n) is 9.44. The van der Waals surface area contributed by atoms with E-state index >= 15 is 0 Å². The maximum Gasteiger partial charge on any atom is 0.315 e. The van der Waals surface area contributed by atoms with Crippen LogP contribution in [0.3, 0.4) is 0 Å². The van der Waals surface area contributed by atoms with Crippen LogP contribution in [0.2, 0.25) is 5.02 Å². The summed E-state index contributed by atoms with van der Waals surface area (Å²) in [5.41, 5.74) is 2.25. The number of imidazole rings is 1. The van der Waals surface area contributed by atoms with Gasteiger partial charge in [-0.25, -0.2) is 9.78 Å². The molecule has 0 radical (unpaired) electrons. The number of rotatable bonds is 8.